The summed E-state index contributed by atoms with van der Waals surface area (Å²) in [6.07, 6.45) is 6.97. The molecule has 1 aliphatic carbocycles. The van der Waals surface area contributed by atoms with Crippen molar-refractivity contribution < 1.29 is 4.79 Å². The SMILES string of the molecule is CCN(CC)c1ccc(NC(=O)N/C=C(\C)C2CCCC2)c(C)c1. The van der Waals surface area contributed by atoms with Crippen molar-refractivity contribution in [3.63, 3.8) is 0 Å². The zero-order chi connectivity index (χ0) is 17.5. The van der Waals surface area contributed by atoms with Crippen LogP contribution in [0, 0.1) is 12.8 Å². The predicted molar refractivity (Wildman–Crippen MR) is 103 cm³/mol. The lowest BCUT2D eigenvalue weighted by molar-refractivity contribution is 0.255. The number of benzene rings is 1. The molecule has 2 N–H and O–H groups in total. The average molecular weight is 329 g/mol. The molecule has 0 saturated heterocycles. The molecule has 0 aliphatic heterocycles. The molecule has 0 heterocycles. The second-order valence-corrected chi connectivity index (χ2v) is 6.64. The van der Waals surface area contributed by atoms with Crippen molar-refractivity contribution in [2.45, 2.75) is 53.4 Å². The third kappa shape index (κ3) is 4.76. The summed E-state index contributed by atoms with van der Waals surface area (Å²) in [5.41, 5.74) is 4.40. The minimum atomic E-state index is -0.175. The number of urea groups is 1. The molecule has 1 saturated carbocycles. The molecule has 2 amide bonds. The van der Waals surface area contributed by atoms with Crippen LogP contribution < -0.4 is 15.5 Å². The molecule has 0 aromatic heterocycles. The number of hydrogen-bond acceptors (Lipinski definition) is 2. The Bertz CT molecular complexity index is 585. The van der Waals surface area contributed by atoms with E-state index >= 15 is 0 Å². The Morgan fingerprint density at radius 3 is 2.50 bits per heavy atom. The Kier molecular flexibility index (Phi) is 6.71. The second-order valence-electron chi connectivity index (χ2n) is 6.64. The maximum Gasteiger partial charge on any atom is 0.323 e. The van der Waals surface area contributed by atoms with Crippen LogP contribution >= 0.6 is 0 Å². The molecule has 1 aromatic carbocycles. The van der Waals surface area contributed by atoms with E-state index in [1.165, 1.54) is 36.9 Å². The highest BCUT2D eigenvalue weighted by Crippen LogP contribution is 2.30. The molecule has 1 aromatic rings. The molecule has 1 fully saturated rings. The molecule has 4 nitrogen and oxygen atoms in total. The van der Waals surface area contributed by atoms with Crippen LogP contribution in [0.15, 0.2) is 30.0 Å². The Hall–Kier alpha value is -1.97. The van der Waals surface area contributed by atoms with Gasteiger partial charge in [-0.25, -0.2) is 4.79 Å². The van der Waals surface area contributed by atoms with Gasteiger partial charge in [-0.1, -0.05) is 18.4 Å². The van der Waals surface area contributed by atoms with Crippen molar-refractivity contribution in [3.8, 4) is 0 Å². The number of rotatable bonds is 6. The summed E-state index contributed by atoms with van der Waals surface area (Å²) in [5, 5.41) is 5.82. The van der Waals surface area contributed by atoms with E-state index in [0.717, 1.165) is 24.3 Å². The highest BCUT2D eigenvalue weighted by molar-refractivity contribution is 5.91. The Morgan fingerprint density at radius 1 is 1.25 bits per heavy atom. The number of hydrogen-bond donors (Lipinski definition) is 2. The van der Waals surface area contributed by atoms with Gasteiger partial charge >= 0.3 is 6.03 Å². The van der Waals surface area contributed by atoms with Crippen molar-refractivity contribution in [2.24, 2.45) is 5.92 Å². The van der Waals surface area contributed by atoms with Crippen molar-refractivity contribution in [2.75, 3.05) is 23.3 Å². The van der Waals surface area contributed by atoms with Crippen LogP contribution in [0.3, 0.4) is 0 Å². The van der Waals surface area contributed by atoms with Crippen molar-refractivity contribution >= 4 is 17.4 Å². The molecule has 2 rings (SSSR count). The number of anilines is 2. The molecule has 24 heavy (non-hydrogen) atoms. The zero-order valence-electron chi connectivity index (χ0n) is 15.5. The summed E-state index contributed by atoms with van der Waals surface area (Å²) >= 11 is 0. The van der Waals surface area contributed by atoms with Gasteiger partial charge in [-0.2, -0.15) is 0 Å². The number of aryl methyl sites for hydroxylation is 1. The third-order valence-electron chi connectivity index (χ3n) is 5.02. The molecule has 1 aliphatic rings. The maximum absolute atomic E-state index is 12.1. The molecular weight excluding hydrogens is 298 g/mol. The molecule has 0 atom stereocenters. The number of nitrogens with zero attached hydrogens (tertiary/aromatic N) is 1. The smallest absolute Gasteiger partial charge is 0.323 e. The van der Waals surface area contributed by atoms with Crippen LogP contribution in [-0.2, 0) is 0 Å². The Morgan fingerprint density at radius 2 is 1.92 bits per heavy atom. The van der Waals surface area contributed by atoms with Gasteiger partial charge in [-0.3, -0.25) is 0 Å². The van der Waals surface area contributed by atoms with Gasteiger partial charge in [0.15, 0.2) is 0 Å². The molecule has 0 radical (unpaired) electrons. The number of nitrogens with one attached hydrogen (secondary N) is 2. The van der Waals surface area contributed by atoms with Gasteiger partial charge in [-0.15, -0.1) is 0 Å². The third-order valence-corrected chi connectivity index (χ3v) is 5.02. The lowest BCUT2D eigenvalue weighted by Gasteiger charge is -2.22. The molecule has 0 unspecified atom stereocenters. The second kappa shape index (κ2) is 8.76. The number of allylic oxidation sites excluding steroid dienone is 1. The van der Waals surface area contributed by atoms with Crippen LogP contribution in [0.25, 0.3) is 0 Å². The summed E-state index contributed by atoms with van der Waals surface area (Å²) in [5.74, 6) is 0.639. The quantitative estimate of drug-likeness (QED) is 0.766. The first-order chi connectivity index (χ1) is 11.5. The highest BCUT2D eigenvalue weighted by Gasteiger charge is 2.16. The molecular formula is C20H31N3O. The Labute approximate surface area is 146 Å². The van der Waals surface area contributed by atoms with Gasteiger partial charge in [0.25, 0.3) is 0 Å². The van der Waals surface area contributed by atoms with E-state index in [-0.39, 0.29) is 6.03 Å². The summed E-state index contributed by atoms with van der Waals surface area (Å²) < 4.78 is 0. The lowest BCUT2D eigenvalue weighted by atomic mass is 10.0. The van der Waals surface area contributed by atoms with Gasteiger partial charge < -0.3 is 15.5 Å². The van der Waals surface area contributed by atoms with E-state index in [1.807, 2.05) is 19.2 Å². The molecule has 0 spiro atoms. The summed E-state index contributed by atoms with van der Waals surface area (Å²) in [6, 6.07) is 6.00. The van der Waals surface area contributed by atoms with Crippen molar-refractivity contribution in [1.29, 1.82) is 0 Å². The van der Waals surface area contributed by atoms with E-state index in [1.54, 1.807) is 0 Å². The van der Waals surface area contributed by atoms with Crippen molar-refractivity contribution in [1.82, 2.24) is 5.32 Å². The van der Waals surface area contributed by atoms with E-state index in [2.05, 4.69) is 48.4 Å². The lowest BCUT2D eigenvalue weighted by Crippen LogP contribution is -2.25. The summed E-state index contributed by atoms with van der Waals surface area (Å²) in [7, 11) is 0. The van der Waals surface area contributed by atoms with Crippen LogP contribution in [0.4, 0.5) is 16.2 Å². The minimum absolute atomic E-state index is 0.175. The van der Waals surface area contributed by atoms with E-state index in [0.29, 0.717) is 5.92 Å². The summed E-state index contributed by atoms with van der Waals surface area (Å²) in [6.45, 7) is 10.4. The van der Waals surface area contributed by atoms with Crippen molar-refractivity contribution in [3.05, 3.63) is 35.5 Å². The van der Waals surface area contributed by atoms with E-state index in [9.17, 15) is 4.79 Å². The first-order valence-electron chi connectivity index (χ1n) is 9.14. The predicted octanol–water partition coefficient (Wildman–Crippen LogP) is 5.06. The molecule has 132 valence electrons. The first-order valence-corrected chi connectivity index (χ1v) is 9.14. The zero-order valence-corrected chi connectivity index (χ0v) is 15.5. The average Bonchev–Trinajstić information content (AvgIpc) is 3.11. The number of amides is 2. The normalized spacial score (nSPS) is 15.4. The fraction of sp³-hybridized carbons (Fsp3) is 0.550. The van der Waals surface area contributed by atoms with Gasteiger partial charge in [0.05, 0.1) is 0 Å². The van der Waals surface area contributed by atoms with E-state index < -0.39 is 0 Å². The fourth-order valence-electron chi connectivity index (χ4n) is 3.41. The van der Waals surface area contributed by atoms with Gasteiger partial charge in [-0.05, 0) is 70.2 Å². The minimum Gasteiger partial charge on any atom is -0.372 e. The van der Waals surface area contributed by atoms with E-state index in [4.69, 9.17) is 0 Å². The van der Waals surface area contributed by atoms with Gasteiger partial charge in [0, 0.05) is 30.7 Å². The molecule has 4 heteroatoms. The van der Waals surface area contributed by atoms with Gasteiger partial charge in [0.1, 0.15) is 0 Å². The maximum atomic E-state index is 12.1. The highest BCUT2D eigenvalue weighted by atomic mass is 16.2. The largest absolute Gasteiger partial charge is 0.372 e. The standard InChI is InChI=1S/C20H31N3O/c1-5-23(6-2)18-11-12-19(15(3)13-18)22-20(24)21-14-16(4)17-9-7-8-10-17/h11-14,17H,5-10H2,1-4H3,(H2,21,22,24)/b16-14+. The fourth-order valence-corrected chi connectivity index (χ4v) is 3.41. The topological polar surface area (TPSA) is 44.4 Å². The first kappa shape index (κ1) is 18.4. The number of carbonyl (C=O) groups excluding carboxylic acids is 1. The van der Waals surface area contributed by atoms with Gasteiger partial charge in [0.2, 0.25) is 0 Å². The monoisotopic (exact) mass is 329 g/mol. The van der Waals surface area contributed by atoms with Crippen LogP contribution in [0.2, 0.25) is 0 Å². The van der Waals surface area contributed by atoms with Crippen LogP contribution in [0.5, 0.6) is 0 Å². The summed E-state index contributed by atoms with van der Waals surface area (Å²) in [4.78, 5) is 14.4. The van der Waals surface area contributed by atoms with Crippen LogP contribution in [0.1, 0.15) is 52.0 Å². The number of carbonyl (C=O) groups is 1. The van der Waals surface area contributed by atoms with Crippen LogP contribution in [-0.4, -0.2) is 19.1 Å². The molecule has 0 bridgehead atoms. The Balaban J connectivity index is 1.95.